The summed E-state index contributed by atoms with van der Waals surface area (Å²) < 4.78 is 26.4. The van der Waals surface area contributed by atoms with Crippen LogP contribution in [0.2, 0.25) is 0 Å². The Balaban J connectivity index is 1.46. The smallest absolute Gasteiger partial charge is 0.230 e. The van der Waals surface area contributed by atoms with Crippen molar-refractivity contribution in [3.63, 3.8) is 0 Å². The number of carbonyl (C=O) groups excluding carboxylic acids is 1. The van der Waals surface area contributed by atoms with Crippen molar-refractivity contribution in [1.82, 2.24) is 14.6 Å². The lowest BCUT2D eigenvalue weighted by Crippen LogP contribution is -2.46. The number of hydrogen-bond acceptors (Lipinski definition) is 6. The third-order valence-electron chi connectivity index (χ3n) is 3.89. The Bertz CT molecular complexity index is 794. The van der Waals surface area contributed by atoms with Gasteiger partial charge in [0.2, 0.25) is 15.9 Å². The monoisotopic (exact) mass is 385 g/mol. The Morgan fingerprint density at radius 1 is 1.38 bits per heavy atom. The molecule has 0 saturated carbocycles. The summed E-state index contributed by atoms with van der Waals surface area (Å²) in [6.45, 7) is 0.934. The fourth-order valence-corrected chi connectivity index (χ4v) is 5.39. The van der Waals surface area contributed by atoms with Gasteiger partial charge >= 0.3 is 0 Å². The molecule has 0 aliphatic carbocycles. The number of amides is 1. The molecular weight excluding hydrogens is 366 g/mol. The highest BCUT2D eigenvalue weighted by Crippen LogP contribution is 2.29. The van der Waals surface area contributed by atoms with Crippen molar-refractivity contribution >= 4 is 49.2 Å². The van der Waals surface area contributed by atoms with Gasteiger partial charge in [-0.25, -0.2) is 17.7 Å². The Morgan fingerprint density at radius 2 is 2.08 bits per heavy atom. The number of hydrogen-bond donors (Lipinski definition) is 1. The molecule has 24 heavy (non-hydrogen) atoms. The topological polar surface area (TPSA) is 79.4 Å². The van der Waals surface area contributed by atoms with Gasteiger partial charge in [-0.1, -0.05) is 23.9 Å². The molecule has 0 radical (unpaired) electrons. The molecule has 1 aromatic heterocycles. The molecular formula is C15H19N3O3S3. The molecule has 0 spiro atoms. The summed E-state index contributed by atoms with van der Waals surface area (Å²) in [7, 11) is -3.13. The number of carbonyl (C=O) groups is 1. The van der Waals surface area contributed by atoms with Crippen molar-refractivity contribution in [1.29, 1.82) is 0 Å². The van der Waals surface area contributed by atoms with Gasteiger partial charge in [-0.15, -0.1) is 11.3 Å². The maximum atomic E-state index is 12.1. The molecule has 0 unspecified atom stereocenters. The first kappa shape index (κ1) is 17.7. The van der Waals surface area contributed by atoms with Crippen LogP contribution in [0.4, 0.5) is 0 Å². The van der Waals surface area contributed by atoms with E-state index in [1.54, 1.807) is 11.3 Å². The first-order valence-corrected chi connectivity index (χ1v) is 11.3. The van der Waals surface area contributed by atoms with Crippen molar-refractivity contribution in [3.8, 4) is 0 Å². The van der Waals surface area contributed by atoms with Crippen molar-refractivity contribution < 1.29 is 13.2 Å². The van der Waals surface area contributed by atoms with E-state index in [0.717, 1.165) is 14.6 Å². The number of nitrogens with one attached hydrogen (secondary N) is 1. The molecule has 9 heteroatoms. The van der Waals surface area contributed by atoms with Crippen LogP contribution in [-0.4, -0.2) is 54.8 Å². The van der Waals surface area contributed by atoms with Crippen molar-refractivity contribution in [2.75, 3.05) is 25.1 Å². The number of benzene rings is 1. The SMILES string of the molecule is CS(=O)(=O)N1CCC(NC(=O)CSc2nc3ccccc3s2)CC1. The largest absolute Gasteiger partial charge is 0.353 e. The lowest BCUT2D eigenvalue weighted by Gasteiger charge is -2.30. The quantitative estimate of drug-likeness (QED) is 0.796. The van der Waals surface area contributed by atoms with Gasteiger partial charge in [0.25, 0.3) is 0 Å². The Hall–Kier alpha value is -1.16. The zero-order valence-corrected chi connectivity index (χ0v) is 15.7. The fourth-order valence-electron chi connectivity index (χ4n) is 2.64. The van der Waals surface area contributed by atoms with Gasteiger partial charge in [0.1, 0.15) is 0 Å². The molecule has 6 nitrogen and oxygen atoms in total. The lowest BCUT2D eigenvalue weighted by atomic mass is 10.1. The van der Waals surface area contributed by atoms with Crippen LogP contribution in [0.3, 0.4) is 0 Å². The van der Waals surface area contributed by atoms with Gasteiger partial charge in [0, 0.05) is 19.1 Å². The zero-order valence-electron chi connectivity index (χ0n) is 13.3. The van der Waals surface area contributed by atoms with Gasteiger partial charge < -0.3 is 5.32 Å². The molecule has 0 bridgehead atoms. The zero-order chi connectivity index (χ0) is 17.2. The van der Waals surface area contributed by atoms with Crippen molar-refractivity contribution in [3.05, 3.63) is 24.3 Å². The average Bonchev–Trinajstić information content (AvgIpc) is 2.95. The summed E-state index contributed by atoms with van der Waals surface area (Å²) >= 11 is 3.02. The van der Waals surface area contributed by atoms with E-state index in [0.29, 0.717) is 31.7 Å². The van der Waals surface area contributed by atoms with Crippen LogP contribution in [0.1, 0.15) is 12.8 Å². The Morgan fingerprint density at radius 3 is 2.75 bits per heavy atom. The van der Waals surface area contributed by atoms with Gasteiger partial charge in [0.15, 0.2) is 4.34 Å². The average molecular weight is 386 g/mol. The number of piperidine rings is 1. The first-order valence-electron chi connectivity index (χ1n) is 7.65. The minimum atomic E-state index is -3.13. The van der Waals surface area contributed by atoms with Gasteiger partial charge in [0.05, 0.1) is 22.2 Å². The maximum absolute atomic E-state index is 12.1. The fraction of sp³-hybridized carbons (Fsp3) is 0.467. The number of sulfonamides is 1. The van der Waals surface area contributed by atoms with E-state index in [-0.39, 0.29) is 11.9 Å². The summed E-state index contributed by atoms with van der Waals surface area (Å²) in [4.78, 5) is 16.6. The molecule has 3 rings (SSSR count). The van der Waals surface area contributed by atoms with Crippen LogP contribution in [0.5, 0.6) is 0 Å². The molecule has 1 amide bonds. The lowest BCUT2D eigenvalue weighted by molar-refractivity contribution is -0.119. The number of thiazole rings is 1. The molecule has 1 aromatic carbocycles. The third-order valence-corrected chi connectivity index (χ3v) is 7.37. The van der Waals surface area contributed by atoms with E-state index < -0.39 is 10.0 Å². The second-order valence-corrected chi connectivity index (χ2v) is 9.98. The van der Waals surface area contributed by atoms with E-state index in [2.05, 4.69) is 10.3 Å². The summed E-state index contributed by atoms with van der Waals surface area (Å²) in [5.74, 6) is 0.295. The molecule has 0 atom stereocenters. The first-order chi connectivity index (χ1) is 11.4. The van der Waals surface area contributed by atoms with Crippen LogP contribution in [0.25, 0.3) is 10.2 Å². The number of para-hydroxylation sites is 1. The predicted octanol–water partition coefficient (Wildman–Crippen LogP) is 1.93. The highest BCUT2D eigenvalue weighted by molar-refractivity contribution is 8.01. The van der Waals surface area contributed by atoms with Crippen LogP contribution in [0, 0.1) is 0 Å². The summed E-state index contributed by atoms with van der Waals surface area (Å²) in [6, 6.07) is 7.96. The summed E-state index contributed by atoms with van der Waals surface area (Å²) in [5.41, 5.74) is 0.957. The predicted molar refractivity (Wildman–Crippen MR) is 97.9 cm³/mol. The number of fused-ring (bicyclic) bond motifs is 1. The third kappa shape index (κ3) is 4.47. The van der Waals surface area contributed by atoms with Gasteiger partial charge in [-0.2, -0.15) is 0 Å². The minimum Gasteiger partial charge on any atom is -0.353 e. The Kier molecular flexibility index (Phi) is 5.43. The number of rotatable bonds is 5. The van der Waals surface area contributed by atoms with E-state index >= 15 is 0 Å². The van der Waals surface area contributed by atoms with Crippen LogP contribution >= 0.6 is 23.1 Å². The number of aromatic nitrogens is 1. The van der Waals surface area contributed by atoms with Crippen molar-refractivity contribution in [2.24, 2.45) is 0 Å². The van der Waals surface area contributed by atoms with Gasteiger partial charge in [-0.3, -0.25) is 4.79 Å². The van der Waals surface area contributed by atoms with Crippen LogP contribution in [0.15, 0.2) is 28.6 Å². The van der Waals surface area contributed by atoms with E-state index in [1.807, 2.05) is 24.3 Å². The molecule has 1 N–H and O–H groups in total. The summed E-state index contributed by atoms with van der Waals surface area (Å²) in [6.07, 6.45) is 2.54. The highest BCUT2D eigenvalue weighted by atomic mass is 32.2. The summed E-state index contributed by atoms with van der Waals surface area (Å²) in [5, 5.41) is 2.99. The normalized spacial score (nSPS) is 17.2. The maximum Gasteiger partial charge on any atom is 0.230 e. The molecule has 1 fully saturated rings. The molecule has 1 saturated heterocycles. The second-order valence-electron chi connectivity index (χ2n) is 5.74. The van der Waals surface area contributed by atoms with E-state index in [1.165, 1.54) is 22.3 Å². The van der Waals surface area contributed by atoms with Gasteiger partial charge in [-0.05, 0) is 25.0 Å². The Labute approximate surface area is 149 Å². The van der Waals surface area contributed by atoms with Crippen LogP contribution in [-0.2, 0) is 14.8 Å². The molecule has 1 aliphatic heterocycles. The molecule has 1 aliphatic rings. The van der Waals surface area contributed by atoms with E-state index in [9.17, 15) is 13.2 Å². The van der Waals surface area contributed by atoms with E-state index in [4.69, 9.17) is 0 Å². The minimum absolute atomic E-state index is 0.0305. The van der Waals surface area contributed by atoms with Crippen molar-refractivity contribution in [2.45, 2.75) is 23.2 Å². The standard InChI is InChI=1S/C15H19N3O3S3/c1-24(20,21)18-8-6-11(7-9-18)16-14(19)10-22-15-17-12-4-2-3-5-13(12)23-15/h2-5,11H,6-10H2,1H3,(H,16,19). The number of thioether (sulfide) groups is 1. The highest BCUT2D eigenvalue weighted by Gasteiger charge is 2.25. The number of nitrogens with zero attached hydrogens (tertiary/aromatic N) is 2. The molecule has 2 aromatic rings. The molecule has 2 heterocycles. The second kappa shape index (κ2) is 7.38. The molecule has 130 valence electrons. The van der Waals surface area contributed by atoms with Crippen LogP contribution < -0.4 is 5.32 Å².